The normalized spacial score (nSPS) is 20.8. The first kappa shape index (κ1) is 21.4. The molecule has 2 aliphatic heterocycles. The van der Waals surface area contributed by atoms with Gasteiger partial charge >= 0.3 is 6.09 Å². The number of fused-ring (bicyclic) bond motifs is 1. The van der Waals surface area contributed by atoms with Crippen LogP contribution in [0, 0.1) is 6.92 Å². The fourth-order valence-corrected chi connectivity index (χ4v) is 4.77. The van der Waals surface area contributed by atoms with Gasteiger partial charge in [-0.1, -0.05) is 24.3 Å². The van der Waals surface area contributed by atoms with Gasteiger partial charge in [0.25, 0.3) is 5.56 Å². The molecule has 2 N–H and O–H groups in total. The second kappa shape index (κ2) is 8.82. The zero-order valence-corrected chi connectivity index (χ0v) is 18.5. The highest BCUT2D eigenvalue weighted by Gasteiger charge is 2.26. The number of carbonyl (C=O) groups is 1. The van der Waals surface area contributed by atoms with Crippen molar-refractivity contribution >= 4 is 23.1 Å². The number of piperidine rings is 1. The van der Waals surface area contributed by atoms with E-state index in [0.29, 0.717) is 43.5 Å². The second-order valence-electron chi connectivity index (χ2n) is 8.75. The molecule has 9 heteroatoms. The van der Waals surface area contributed by atoms with Gasteiger partial charge in [0.2, 0.25) is 5.95 Å². The Hall–Kier alpha value is -3.46. The Kier molecular flexibility index (Phi) is 5.72. The summed E-state index contributed by atoms with van der Waals surface area (Å²) in [7, 11) is 0. The van der Waals surface area contributed by atoms with Crippen LogP contribution in [0.1, 0.15) is 30.9 Å². The third-order valence-electron chi connectivity index (χ3n) is 6.50. The molecular formula is C24H27N5O4. The number of anilines is 1. The van der Waals surface area contributed by atoms with Crippen molar-refractivity contribution in [1.29, 1.82) is 0 Å². The maximum atomic E-state index is 13.7. The molecule has 2 fully saturated rings. The largest absolute Gasteiger partial charge is 0.465 e. The lowest BCUT2D eigenvalue weighted by atomic mass is 10.0. The summed E-state index contributed by atoms with van der Waals surface area (Å²) in [5.41, 5.74) is 3.03. The molecule has 0 unspecified atom stereocenters. The fourth-order valence-electron chi connectivity index (χ4n) is 4.77. The molecule has 2 aromatic heterocycles. The number of ether oxygens (including phenoxy) is 1. The third-order valence-corrected chi connectivity index (χ3v) is 6.50. The van der Waals surface area contributed by atoms with Gasteiger partial charge in [-0.3, -0.25) is 9.36 Å². The van der Waals surface area contributed by atoms with E-state index in [1.54, 1.807) is 10.8 Å². The molecule has 9 nitrogen and oxygen atoms in total. The van der Waals surface area contributed by atoms with Crippen molar-refractivity contribution in [2.24, 2.45) is 0 Å². The number of amides is 1. The van der Waals surface area contributed by atoms with E-state index < -0.39 is 6.09 Å². The van der Waals surface area contributed by atoms with Crippen molar-refractivity contribution in [2.75, 3.05) is 31.6 Å². The topological polar surface area (TPSA) is 110 Å². The monoisotopic (exact) mass is 449 g/mol. The third kappa shape index (κ3) is 4.16. The highest BCUT2D eigenvalue weighted by molar-refractivity contribution is 5.82. The number of hydrogen-bond donors (Lipinski definition) is 2. The van der Waals surface area contributed by atoms with Gasteiger partial charge in [-0.05, 0) is 43.4 Å². The van der Waals surface area contributed by atoms with Crippen LogP contribution in [0.5, 0.6) is 0 Å². The molecule has 3 aromatic rings. The van der Waals surface area contributed by atoms with E-state index >= 15 is 0 Å². The number of likely N-dealkylation sites (tertiary alicyclic amines) is 1. The molecule has 1 aromatic carbocycles. The predicted molar refractivity (Wildman–Crippen MR) is 125 cm³/mol. The SMILES string of the molecule is Cc1ccccc1-c1cc2cnc(N[C@@H]3CCCN(C(=O)O)C3)nc2n([C@@H]2CCOC2)c1=O. The van der Waals surface area contributed by atoms with Crippen LogP contribution in [-0.4, -0.2) is 63.0 Å². The highest BCUT2D eigenvalue weighted by Crippen LogP contribution is 2.27. The average Bonchev–Trinajstić information content (AvgIpc) is 3.34. The maximum absolute atomic E-state index is 13.7. The molecule has 0 spiro atoms. The minimum atomic E-state index is -0.917. The Labute approximate surface area is 191 Å². The lowest BCUT2D eigenvalue weighted by molar-refractivity contribution is 0.132. The summed E-state index contributed by atoms with van der Waals surface area (Å²) >= 11 is 0. The molecule has 5 rings (SSSR count). The quantitative estimate of drug-likeness (QED) is 0.629. The first-order valence-corrected chi connectivity index (χ1v) is 11.3. The lowest BCUT2D eigenvalue weighted by Crippen LogP contribution is -2.44. The summed E-state index contributed by atoms with van der Waals surface area (Å²) in [6.07, 6.45) is 3.17. The zero-order valence-electron chi connectivity index (χ0n) is 18.5. The number of nitrogens with zero attached hydrogens (tertiary/aromatic N) is 4. The average molecular weight is 450 g/mol. The molecule has 2 aliphatic rings. The lowest BCUT2D eigenvalue weighted by Gasteiger charge is -2.31. The van der Waals surface area contributed by atoms with Gasteiger partial charge in [0.1, 0.15) is 5.65 Å². The first-order chi connectivity index (χ1) is 16.0. The number of nitrogens with one attached hydrogen (secondary N) is 1. The second-order valence-corrected chi connectivity index (χ2v) is 8.75. The number of aryl methyl sites for hydroxylation is 1. The Morgan fingerprint density at radius 2 is 2.09 bits per heavy atom. The Bertz CT molecular complexity index is 1250. The van der Waals surface area contributed by atoms with Crippen molar-refractivity contribution in [3.05, 3.63) is 52.4 Å². The Balaban J connectivity index is 1.57. The molecule has 4 heterocycles. The minimum Gasteiger partial charge on any atom is -0.465 e. The Morgan fingerprint density at radius 1 is 1.24 bits per heavy atom. The van der Waals surface area contributed by atoms with Crippen LogP contribution in [0.25, 0.3) is 22.2 Å². The van der Waals surface area contributed by atoms with Gasteiger partial charge in [0.15, 0.2) is 0 Å². The summed E-state index contributed by atoms with van der Waals surface area (Å²) in [6.45, 7) is 3.99. The molecule has 0 bridgehead atoms. The van der Waals surface area contributed by atoms with E-state index in [0.717, 1.165) is 35.8 Å². The van der Waals surface area contributed by atoms with Gasteiger partial charge < -0.3 is 20.1 Å². The maximum Gasteiger partial charge on any atom is 0.407 e. The molecule has 0 aliphatic carbocycles. The molecular weight excluding hydrogens is 422 g/mol. The van der Waals surface area contributed by atoms with Gasteiger partial charge in [-0.15, -0.1) is 0 Å². The van der Waals surface area contributed by atoms with E-state index in [4.69, 9.17) is 9.72 Å². The van der Waals surface area contributed by atoms with E-state index in [2.05, 4.69) is 10.3 Å². The molecule has 1 amide bonds. The van der Waals surface area contributed by atoms with Crippen LogP contribution >= 0.6 is 0 Å². The van der Waals surface area contributed by atoms with Crippen LogP contribution in [0.3, 0.4) is 0 Å². The fraction of sp³-hybridized carbons (Fsp3) is 0.417. The predicted octanol–water partition coefficient (Wildman–Crippen LogP) is 3.28. The minimum absolute atomic E-state index is 0.0754. The number of hydrogen-bond acceptors (Lipinski definition) is 6. The van der Waals surface area contributed by atoms with E-state index in [1.165, 1.54) is 4.90 Å². The van der Waals surface area contributed by atoms with Crippen LogP contribution in [-0.2, 0) is 4.74 Å². The first-order valence-electron chi connectivity index (χ1n) is 11.3. The number of benzene rings is 1. The molecule has 33 heavy (non-hydrogen) atoms. The van der Waals surface area contributed by atoms with Crippen molar-refractivity contribution in [1.82, 2.24) is 19.4 Å². The van der Waals surface area contributed by atoms with Crippen molar-refractivity contribution < 1.29 is 14.6 Å². The van der Waals surface area contributed by atoms with Crippen molar-refractivity contribution in [3.63, 3.8) is 0 Å². The highest BCUT2D eigenvalue weighted by atomic mass is 16.5. The number of rotatable bonds is 4. The van der Waals surface area contributed by atoms with E-state index in [1.807, 2.05) is 37.3 Å². The molecule has 2 saturated heterocycles. The summed E-state index contributed by atoms with van der Waals surface area (Å²) in [5.74, 6) is 0.399. The van der Waals surface area contributed by atoms with Crippen molar-refractivity contribution in [2.45, 2.75) is 38.3 Å². The van der Waals surface area contributed by atoms with Crippen molar-refractivity contribution in [3.8, 4) is 11.1 Å². The van der Waals surface area contributed by atoms with Gasteiger partial charge in [0.05, 0.1) is 12.6 Å². The summed E-state index contributed by atoms with van der Waals surface area (Å²) in [6, 6.07) is 9.54. The molecule has 0 radical (unpaired) electrons. The molecule has 2 atom stereocenters. The van der Waals surface area contributed by atoms with Gasteiger partial charge in [0, 0.05) is 42.9 Å². The number of pyridine rings is 1. The van der Waals surface area contributed by atoms with Gasteiger partial charge in [-0.2, -0.15) is 4.98 Å². The number of carboxylic acid groups (broad SMARTS) is 1. The standard InChI is InChI=1S/C24H27N5O4/c1-15-5-2-3-7-19(15)20-11-16-12-25-23(26-17-6-4-9-28(13-17)24(31)32)27-21(16)29(22(20)30)18-8-10-33-14-18/h2-3,5,7,11-12,17-18H,4,6,8-10,13-14H2,1H3,(H,31,32)(H,25,26,27)/t17-,18-/m1/s1. The summed E-state index contributed by atoms with van der Waals surface area (Å²) < 4.78 is 7.34. The van der Waals surface area contributed by atoms with Crippen LogP contribution in [0.15, 0.2) is 41.3 Å². The van der Waals surface area contributed by atoms with Crippen LogP contribution in [0.2, 0.25) is 0 Å². The van der Waals surface area contributed by atoms with E-state index in [9.17, 15) is 14.7 Å². The number of aromatic nitrogens is 3. The smallest absolute Gasteiger partial charge is 0.407 e. The van der Waals surface area contributed by atoms with E-state index in [-0.39, 0.29) is 17.6 Å². The zero-order chi connectivity index (χ0) is 22.9. The molecule has 172 valence electrons. The molecule has 0 saturated carbocycles. The van der Waals surface area contributed by atoms with Crippen LogP contribution in [0.4, 0.5) is 10.7 Å². The van der Waals surface area contributed by atoms with Gasteiger partial charge in [-0.25, -0.2) is 9.78 Å². The van der Waals surface area contributed by atoms with Crippen LogP contribution < -0.4 is 10.9 Å². The Morgan fingerprint density at radius 3 is 2.85 bits per heavy atom. The summed E-state index contributed by atoms with van der Waals surface area (Å²) in [5, 5.41) is 13.4. The summed E-state index contributed by atoms with van der Waals surface area (Å²) in [4.78, 5) is 35.7.